The highest BCUT2D eigenvalue weighted by Gasteiger charge is 2.41. The van der Waals surface area contributed by atoms with E-state index >= 15 is 0 Å². The van der Waals surface area contributed by atoms with Gasteiger partial charge in [0.15, 0.2) is 6.73 Å². The average molecular weight is 283 g/mol. The van der Waals surface area contributed by atoms with Crippen molar-refractivity contribution < 1.29 is 14.3 Å². The first-order chi connectivity index (χ1) is 9.89. The van der Waals surface area contributed by atoms with Crippen LogP contribution >= 0.6 is 0 Å². The first-order valence-electron chi connectivity index (χ1n) is 6.61. The van der Waals surface area contributed by atoms with E-state index in [0.717, 1.165) is 5.56 Å². The Labute approximate surface area is 124 Å². The van der Waals surface area contributed by atoms with Gasteiger partial charge in [-0.05, 0) is 32.3 Å². The largest absolute Gasteiger partial charge is 0.477 e. The highest BCUT2D eigenvalue weighted by Crippen LogP contribution is 2.30. The van der Waals surface area contributed by atoms with Crippen molar-refractivity contribution in [2.75, 3.05) is 6.73 Å². The van der Waals surface area contributed by atoms with Gasteiger partial charge in [-0.2, -0.15) is 0 Å². The second-order valence-corrected chi connectivity index (χ2v) is 5.34. The monoisotopic (exact) mass is 283 g/mol. The summed E-state index contributed by atoms with van der Waals surface area (Å²) < 4.78 is 5.57. The minimum absolute atomic E-state index is 0.0153. The maximum absolute atomic E-state index is 12.8. The standard InChI is InChI=1S/C17H17NO3/c1-5-14(19)17(3,4)18-11-21-12(2)15(16(18)20)13-9-7-6-8-10-13/h1,6-10H,11H2,2-4H3. The van der Waals surface area contributed by atoms with Crippen LogP contribution in [0.3, 0.4) is 0 Å². The lowest BCUT2D eigenvalue weighted by Crippen LogP contribution is -2.55. The van der Waals surface area contributed by atoms with E-state index in [0.29, 0.717) is 11.3 Å². The van der Waals surface area contributed by atoms with Gasteiger partial charge in [-0.25, -0.2) is 0 Å². The first kappa shape index (κ1) is 14.9. The van der Waals surface area contributed by atoms with E-state index in [9.17, 15) is 9.59 Å². The Bertz CT molecular complexity index is 650. The summed E-state index contributed by atoms with van der Waals surface area (Å²) in [6.07, 6.45) is 5.19. The van der Waals surface area contributed by atoms with Crippen molar-refractivity contribution >= 4 is 17.3 Å². The molecule has 1 aromatic carbocycles. The van der Waals surface area contributed by atoms with Crippen LogP contribution in [0, 0.1) is 12.3 Å². The molecule has 0 aliphatic carbocycles. The molecule has 21 heavy (non-hydrogen) atoms. The number of carbonyl (C=O) groups is 2. The molecule has 0 fully saturated rings. The minimum atomic E-state index is -1.10. The molecule has 0 saturated carbocycles. The Morgan fingerprint density at radius 1 is 1.33 bits per heavy atom. The molecule has 1 amide bonds. The van der Waals surface area contributed by atoms with Crippen molar-refractivity contribution in [3.05, 3.63) is 41.7 Å². The van der Waals surface area contributed by atoms with Gasteiger partial charge in [-0.15, -0.1) is 6.42 Å². The van der Waals surface area contributed by atoms with Crippen LogP contribution in [-0.2, 0) is 14.3 Å². The van der Waals surface area contributed by atoms with Gasteiger partial charge in [0.05, 0.1) is 5.57 Å². The SMILES string of the molecule is C#CC(=O)C(C)(C)N1COC(C)=C(c2ccccc2)C1=O. The summed E-state index contributed by atoms with van der Waals surface area (Å²) in [5, 5.41) is 0. The Hall–Kier alpha value is -2.54. The zero-order valence-electron chi connectivity index (χ0n) is 12.3. The molecule has 1 aromatic rings. The number of hydrogen-bond acceptors (Lipinski definition) is 3. The van der Waals surface area contributed by atoms with Crippen LogP contribution in [-0.4, -0.2) is 28.9 Å². The number of benzene rings is 1. The topological polar surface area (TPSA) is 46.6 Å². The number of rotatable bonds is 3. The number of ether oxygens (including phenoxy) is 1. The highest BCUT2D eigenvalue weighted by atomic mass is 16.5. The third-order valence-electron chi connectivity index (χ3n) is 3.65. The van der Waals surface area contributed by atoms with Crippen LogP contribution in [0.4, 0.5) is 0 Å². The number of allylic oxidation sites excluding steroid dienone is 1. The van der Waals surface area contributed by atoms with Crippen LogP contribution in [0.25, 0.3) is 5.57 Å². The predicted octanol–water partition coefficient (Wildman–Crippen LogP) is 2.21. The molecule has 108 valence electrons. The Morgan fingerprint density at radius 3 is 2.52 bits per heavy atom. The average Bonchev–Trinajstić information content (AvgIpc) is 2.47. The van der Waals surface area contributed by atoms with Crippen LogP contribution in [0.5, 0.6) is 0 Å². The van der Waals surface area contributed by atoms with Gasteiger partial charge in [0, 0.05) is 0 Å². The number of ketones is 1. The van der Waals surface area contributed by atoms with E-state index in [2.05, 4.69) is 5.92 Å². The van der Waals surface area contributed by atoms with E-state index in [1.165, 1.54) is 4.90 Å². The van der Waals surface area contributed by atoms with Crippen molar-refractivity contribution in [2.45, 2.75) is 26.3 Å². The molecular formula is C17H17NO3. The molecule has 0 unspecified atom stereocenters. The van der Waals surface area contributed by atoms with Crippen LogP contribution < -0.4 is 0 Å². The van der Waals surface area contributed by atoms with Crippen LogP contribution in [0.2, 0.25) is 0 Å². The lowest BCUT2D eigenvalue weighted by molar-refractivity contribution is -0.145. The Balaban J connectivity index is 2.44. The third-order valence-corrected chi connectivity index (χ3v) is 3.65. The summed E-state index contributed by atoms with van der Waals surface area (Å²) in [5.41, 5.74) is 0.112. The maximum atomic E-state index is 12.8. The smallest absolute Gasteiger partial charge is 0.261 e. The van der Waals surface area contributed by atoms with E-state index in [-0.39, 0.29) is 12.6 Å². The Kier molecular flexibility index (Phi) is 3.86. The van der Waals surface area contributed by atoms with Gasteiger partial charge in [-0.3, -0.25) is 14.5 Å². The fourth-order valence-electron chi connectivity index (χ4n) is 2.22. The number of nitrogens with zero attached hydrogens (tertiary/aromatic N) is 1. The summed E-state index contributed by atoms with van der Waals surface area (Å²) in [7, 11) is 0. The molecule has 1 aliphatic rings. The second-order valence-electron chi connectivity index (χ2n) is 5.34. The summed E-state index contributed by atoms with van der Waals surface area (Å²) in [5.74, 6) is 1.93. The lowest BCUT2D eigenvalue weighted by atomic mass is 9.94. The highest BCUT2D eigenvalue weighted by molar-refractivity contribution is 6.22. The van der Waals surface area contributed by atoms with E-state index in [1.54, 1.807) is 20.8 Å². The van der Waals surface area contributed by atoms with Gasteiger partial charge in [0.25, 0.3) is 5.91 Å². The maximum Gasteiger partial charge on any atom is 0.261 e. The molecular weight excluding hydrogens is 266 g/mol. The summed E-state index contributed by atoms with van der Waals surface area (Å²) in [6.45, 7) is 5.01. The van der Waals surface area contributed by atoms with Gasteiger partial charge < -0.3 is 4.74 Å². The third kappa shape index (κ3) is 2.55. The molecule has 4 heteroatoms. The number of terminal acetylenes is 1. The molecule has 0 aromatic heterocycles. The van der Waals surface area contributed by atoms with Gasteiger partial charge >= 0.3 is 0 Å². The van der Waals surface area contributed by atoms with Crippen LogP contribution in [0.15, 0.2) is 36.1 Å². The van der Waals surface area contributed by atoms with Gasteiger partial charge in [0.2, 0.25) is 5.78 Å². The fourth-order valence-corrected chi connectivity index (χ4v) is 2.22. The minimum Gasteiger partial charge on any atom is -0.477 e. The summed E-state index contributed by atoms with van der Waals surface area (Å²) >= 11 is 0. The van der Waals surface area contributed by atoms with Crippen molar-refractivity contribution in [2.24, 2.45) is 0 Å². The number of hydrogen-bond donors (Lipinski definition) is 0. The van der Waals surface area contributed by atoms with E-state index < -0.39 is 11.3 Å². The molecule has 2 rings (SSSR count). The molecule has 0 radical (unpaired) electrons. The zero-order valence-corrected chi connectivity index (χ0v) is 12.3. The predicted molar refractivity (Wildman–Crippen MR) is 79.8 cm³/mol. The zero-order chi connectivity index (χ0) is 15.6. The van der Waals surface area contributed by atoms with E-state index in [1.807, 2.05) is 30.3 Å². The number of Topliss-reactive ketones (excluding diaryl/α,β-unsaturated/α-hetero) is 1. The Morgan fingerprint density at radius 2 is 1.95 bits per heavy atom. The van der Waals surface area contributed by atoms with Gasteiger partial charge in [-0.1, -0.05) is 30.3 Å². The van der Waals surface area contributed by atoms with Crippen molar-refractivity contribution in [3.8, 4) is 12.3 Å². The molecule has 0 spiro atoms. The normalized spacial score (nSPS) is 15.5. The second kappa shape index (κ2) is 5.45. The molecule has 0 bridgehead atoms. The summed E-state index contributed by atoms with van der Waals surface area (Å²) in [6, 6.07) is 9.23. The number of amides is 1. The molecule has 0 N–H and O–H groups in total. The molecule has 0 atom stereocenters. The fraction of sp³-hybridized carbons (Fsp3) is 0.294. The van der Waals surface area contributed by atoms with Crippen LogP contribution in [0.1, 0.15) is 26.3 Å². The molecule has 1 heterocycles. The molecule has 4 nitrogen and oxygen atoms in total. The lowest BCUT2D eigenvalue weighted by Gasteiger charge is -2.39. The van der Waals surface area contributed by atoms with Crippen molar-refractivity contribution in [3.63, 3.8) is 0 Å². The summed E-state index contributed by atoms with van der Waals surface area (Å²) in [4.78, 5) is 26.0. The molecule has 0 saturated heterocycles. The van der Waals surface area contributed by atoms with Crippen molar-refractivity contribution in [1.82, 2.24) is 4.90 Å². The molecule has 1 aliphatic heterocycles. The van der Waals surface area contributed by atoms with Crippen molar-refractivity contribution in [1.29, 1.82) is 0 Å². The first-order valence-corrected chi connectivity index (χ1v) is 6.61. The van der Waals surface area contributed by atoms with E-state index in [4.69, 9.17) is 11.2 Å². The van der Waals surface area contributed by atoms with Gasteiger partial charge in [0.1, 0.15) is 11.3 Å². The number of carbonyl (C=O) groups excluding carboxylic acids is 2. The quantitative estimate of drug-likeness (QED) is 0.631.